The number of nitrogens with one attached hydrogen (secondary N) is 1. The van der Waals surface area contributed by atoms with E-state index in [1.807, 2.05) is 11.8 Å². The number of methoxy groups -OCH3 is 1. The van der Waals surface area contributed by atoms with E-state index in [4.69, 9.17) is 4.74 Å². The van der Waals surface area contributed by atoms with Crippen molar-refractivity contribution in [2.45, 2.75) is 26.8 Å². The number of hydrogen-bond donors (Lipinski definition) is 1. The highest BCUT2D eigenvalue weighted by molar-refractivity contribution is 7.20. The van der Waals surface area contributed by atoms with Crippen LogP contribution in [0.2, 0.25) is 0 Å². The molecule has 0 bridgehead atoms. The monoisotopic (exact) mass is 380 g/mol. The summed E-state index contributed by atoms with van der Waals surface area (Å²) < 4.78 is 4.76. The van der Waals surface area contributed by atoms with Crippen LogP contribution in [0.15, 0.2) is 4.79 Å². The number of fused-ring (bicyclic) bond motifs is 1. The first-order chi connectivity index (χ1) is 12.3. The number of nitrogens with zero attached hydrogens (tertiary/aromatic N) is 3. The number of likely N-dealkylation sites (N-methyl/N-ethyl adjacent to an activating group) is 1. The molecule has 0 saturated carbocycles. The molecular formula is C17H24N4O4S. The Morgan fingerprint density at radius 2 is 2.00 bits per heavy atom. The highest BCUT2D eigenvalue weighted by atomic mass is 32.1. The fourth-order valence-corrected chi connectivity index (χ4v) is 3.74. The van der Waals surface area contributed by atoms with Crippen LogP contribution in [0.4, 0.5) is 0 Å². The Morgan fingerprint density at radius 3 is 2.58 bits per heavy atom. The van der Waals surface area contributed by atoms with Gasteiger partial charge in [-0.3, -0.25) is 14.5 Å². The average molecular weight is 380 g/mol. The maximum absolute atomic E-state index is 12.5. The summed E-state index contributed by atoms with van der Waals surface area (Å²) in [7, 11) is 4.72. The lowest BCUT2D eigenvalue weighted by molar-refractivity contribution is -0.130. The van der Waals surface area contributed by atoms with E-state index in [9.17, 15) is 14.4 Å². The molecule has 8 nitrogen and oxygen atoms in total. The van der Waals surface area contributed by atoms with Gasteiger partial charge in [0.2, 0.25) is 5.91 Å². The molecule has 0 saturated heterocycles. The molecule has 0 aliphatic carbocycles. The van der Waals surface area contributed by atoms with E-state index < -0.39 is 5.97 Å². The summed E-state index contributed by atoms with van der Waals surface area (Å²) in [6.07, 6.45) is 0.873. The van der Waals surface area contributed by atoms with Crippen molar-refractivity contribution in [2.75, 3.05) is 34.3 Å². The van der Waals surface area contributed by atoms with Gasteiger partial charge in [0.15, 0.2) is 0 Å². The van der Waals surface area contributed by atoms with Crippen LogP contribution >= 0.6 is 11.3 Å². The molecule has 26 heavy (non-hydrogen) atoms. The zero-order valence-corrected chi connectivity index (χ0v) is 16.5. The number of aromatic nitrogens is 2. The van der Waals surface area contributed by atoms with Gasteiger partial charge in [-0.05, 0) is 25.5 Å². The number of hydrogen-bond acceptors (Lipinski definition) is 7. The topological polar surface area (TPSA) is 95.6 Å². The standard InChI is InChI=1S/C17H24N4O4S/c1-6-7-21(9-12(22)20(3)4)8-11-18-15(23)13-10(2)14(17(24)25-5)26-16(13)19-11/h6-9H2,1-5H3,(H,18,19,23). The zero-order chi connectivity index (χ0) is 19.4. The third-order valence-electron chi connectivity index (χ3n) is 3.99. The number of H-pyrrole nitrogens is 1. The lowest BCUT2D eigenvalue weighted by atomic mass is 10.2. The maximum atomic E-state index is 12.5. The van der Waals surface area contributed by atoms with E-state index >= 15 is 0 Å². The Labute approximate surface area is 155 Å². The van der Waals surface area contributed by atoms with E-state index in [1.54, 1.807) is 21.0 Å². The summed E-state index contributed by atoms with van der Waals surface area (Å²) in [5.41, 5.74) is 0.287. The number of esters is 1. The molecule has 0 spiro atoms. The molecule has 0 radical (unpaired) electrons. The van der Waals surface area contributed by atoms with Gasteiger partial charge in [0.25, 0.3) is 5.56 Å². The molecule has 2 heterocycles. The summed E-state index contributed by atoms with van der Waals surface area (Å²) in [5, 5.41) is 0.408. The van der Waals surface area contributed by atoms with Crippen molar-refractivity contribution in [3.05, 3.63) is 26.6 Å². The van der Waals surface area contributed by atoms with Crippen LogP contribution in [0.25, 0.3) is 10.2 Å². The first-order valence-corrected chi connectivity index (χ1v) is 9.13. The second kappa shape index (κ2) is 8.41. The fraction of sp³-hybridized carbons (Fsp3) is 0.529. The normalized spacial score (nSPS) is 11.2. The van der Waals surface area contributed by atoms with Crippen LogP contribution < -0.4 is 5.56 Å². The number of thiophene rings is 1. The molecule has 0 fully saturated rings. The molecule has 142 valence electrons. The summed E-state index contributed by atoms with van der Waals surface area (Å²) in [6.45, 7) is 5.04. The van der Waals surface area contributed by atoms with Crippen molar-refractivity contribution >= 4 is 33.4 Å². The van der Waals surface area contributed by atoms with E-state index in [2.05, 4.69) is 9.97 Å². The van der Waals surface area contributed by atoms with Gasteiger partial charge in [-0.1, -0.05) is 6.92 Å². The van der Waals surface area contributed by atoms with E-state index in [0.717, 1.165) is 17.8 Å². The van der Waals surface area contributed by atoms with Crippen molar-refractivity contribution in [1.29, 1.82) is 0 Å². The van der Waals surface area contributed by atoms with Crippen molar-refractivity contribution in [3.8, 4) is 0 Å². The highest BCUT2D eigenvalue weighted by Crippen LogP contribution is 2.27. The van der Waals surface area contributed by atoms with Crippen molar-refractivity contribution in [1.82, 2.24) is 19.8 Å². The SMILES string of the molecule is CCCN(CC(=O)N(C)C)Cc1nc2sc(C(=O)OC)c(C)c2c(=O)[nH]1. The van der Waals surface area contributed by atoms with Crippen molar-refractivity contribution < 1.29 is 14.3 Å². The number of carbonyl (C=O) groups is 2. The fourth-order valence-electron chi connectivity index (χ4n) is 2.63. The Bertz CT molecular complexity index is 872. The van der Waals surface area contributed by atoms with Crippen LogP contribution in [0.5, 0.6) is 0 Å². The molecule has 1 N–H and O–H groups in total. The smallest absolute Gasteiger partial charge is 0.348 e. The van der Waals surface area contributed by atoms with Crippen LogP contribution in [0, 0.1) is 6.92 Å². The molecule has 0 aliphatic rings. The molecule has 0 unspecified atom stereocenters. The summed E-state index contributed by atoms with van der Waals surface area (Å²) in [4.78, 5) is 47.9. The van der Waals surface area contributed by atoms with E-state index in [1.165, 1.54) is 12.0 Å². The molecule has 2 aromatic heterocycles. The third kappa shape index (κ3) is 4.28. The number of aromatic amines is 1. The number of carbonyl (C=O) groups excluding carboxylic acids is 2. The van der Waals surface area contributed by atoms with Crippen LogP contribution in [-0.2, 0) is 16.1 Å². The number of amides is 1. The molecule has 0 aliphatic heterocycles. The molecule has 0 atom stereocenters. The zero-order valence-electron chi connectivity index (χ0n) is 15.7. The van der Waals surface area contributed by atoms with Crippen LogP contribution in [0.1, 0.15) is 34.4 Å². The minimum atomic E-state index is -0.476. The Morgan fingerprint density at radius 1 is 1.31 bits per heavy atom. The van der Waals surface area contributed by atoms with Crippen molar-refractivity contribution in [3.63, 3.8) is 0 Å². The average Bonchev–Trinajstić information content (AvgIpc) is 2.91. The second-order valence-corrected chi connectivity index (χ2v) is 7.24. The Kier molecular flexibility index (Phi) is 6.49. The van der Waals surface area contributed by atoms with Gasteiger partial charge in [-0.25, -0.2) is 9.78 Å². The predicted molar refractivity (Wildman–Crippen MR) is 101 cm³/mol. The van der Waals surface area contributed by atoms with Gasteiger partial charge in [-0.2, -0.15) is 0 Å². The van der Waals surface area contributed by atoms with Crippen LogP contribution in [-0.4, -0.2) is 65.9 Å². The third-order valence-corrected chi connectivity index (χ3v) is 5.16. The van der Waals surface area contributed by atoms with Gasteiger partial charge in [0.1, 0.15) is 15.5 Å². The van der Waals surface area contributed by atoms with Gasteiger partial charge in [0.05, 0.1) is 25.6 Å². The van der Waals surface area contributed by atoms with Gasteiger partial charge in [0, 0.05) is 14.1 Å². The maximum Gasteiger partial charge on any atom is 0.348 e. The van der Waals surface area contributed by atoms with E-state index in [0.29, 0.717) is 39.6 Å². The minimum absolute atomic E-state index is 0.0122. The van der Waals surface area contributed by atoms with Gasteiger partial charge in [-0.15, -0.1) is 11.3 Å². The number of rotatable bonds is 7. The first-order valence-electron chi connectivity index (χ1n) is 8.31. The summed E-state index contributed by atoms with van der Waals surface area (Å²) in [6, 6.07) is 0. The van der Waals surface area contributed by atoms with E-state index in [-0.39, 0.29) is 18.0 Å². The van der Waals surface area contributed by atoms with Crippen LogP contribution in [0.3, 0.4) is 0 Å². The number of ether oxygens (including phenoxy) is 1. The lowest BCUT2D eigenvalue weighted by Crippen LogP contribution is -2.37. The molecule has 1 amide bonds. The minimum Gasteiger partial charge on any atom is -0.465 e. The Balaban J connectivity index is 2.36. The molecule has 0 aromatic carbocycles. The second-order valence-electron chi connectivity index (χ2n) is 6.24. The largest absolute Gasteiger partial charge is 0.465 e. The first kappa shape index (κ1) is 20.1. The summed E-state index contributed by atoms with van der Waals surface area (Å²) in [5.74, 6) is -0.0161. The van der Waals surface area contributed by atoms with Gasteiger partial charge >= 0.3 is 5.97 Å². The molecule has 2 aromatic rings. The predicted octanol–water partition coefficient (Wildman–Crippen LogP) is 1.38. The lowest BCUT2D eigenvalue weighted by Gasteiger charge is -2.22. The molecular weight excluding hydrogens is 356 g/mol. The Hall–Kier alpha value is -2.26. The van der Waals surface area contributed by atoms with Gasteiger partial charge < -0.3 is 14.6 Å². The quantitative estimate of drug-likeness (QED) is 0.729. The highest BCUT2D eigenvalue weighted by Gasteiger charge is 2.20. The molecule has 2 rings (SSSR count). The summed E-state index contributed by atoms with van der Waals surface area (Å²) >= 11 is 1.14. The number of aryl methyl sites for hydroxylation is 1. The molecule has 9 heteroatoms. The van der Waals surface area contributed by atoms with Crippen molar-refractivity contribution in [2.24, 2.45) is 0 Å².